The van der Waals surface area contributed by atoms with Crippen molar-refractivity contribution in [2.24, 2.45) is 5.92 Å². The van der Waals surface area contributed by atoms with Crippen molar-refractivity contribution >= 4 is 15.5 Å². The van der Waals surface area contributed by atoms with Gasteiger partial charge in [-0.2, -0.15) is 5.10 Å². The van der Waals surface area contributed by atoms with Crippen LogP contribution >= 0.6 is 0 Å². The Hall–Kier alpha value is -5.86. The fourth-order valence-corrected chi connectivity index (χ4v) is 7.75. The van der Waals surface area contributed by atoms with Gasteiger partial charge in [0.25, 0.3) is 0 Å². The van der Waals surface area contributed by atoms with Gasteiger partial charge in [-0.3, -0.25) is 9.08 Å². The zero-order valence-corrected chi connectivity index (χ0v) is 28.1. The van der Waals surface area contributed by atoms with Crippen molar-refractivity contribution in [3.8, 4) is 33.6 Å². The van der Waals surface area contributed by atoms with Crippen LogP contribution in [0.25, 0.3) is 39.3 Å². The molecule has 3 heterocycles. The molecule has 1 aliphatic rings. The van der Waals surface area contributed by atoms with Gasteiger partial charge in [0, 0.05) is 46.8 Å². The van der Waals surface area contributed by atoms with Crippen molar-refractivity contribution < 1.29 is 12.8 Å². The highest BCUT2D eigenvalue weighted by Crippen LogP contribution is 2.46. The quantitative estimate of drug-likeness (QED) is 0.161. The molecule has 246 valence electrons. The standard InChI is InChI=1S/C42H33FN4O2S/c1-50(48,49)37-24-19-31(20-25-37)41-38(32-21-26-40-44-27-39(46(40)28-32)30-17-22-36(43)23-18-30)29-47(45-41)42(33-11-5-2-6-12-33,34-13-7-3-8-14-34)35-15-9-4-10-16-35/h2-15,17-29,35H,16H2,1H3. The highest BCUT2D eigenvalue weighted by Gasteiger charge is 2.44. The second-order valence-corrected chi connectivity index (χ2v) is 14.6. The number of benzene rings is 4. The molecule has 8 heteroatoms. The SMILES string of the molecule is CS(=O)(=O)c1ccc(-c2nn(C(c3ccccc3)(c3ccccc3)C3C=CC=CC3)cc2-c2ccc3ncc(-c4ccc(F)cc4)n3c2)cc1. The third kappa shape index (κ3) is 5.47. The van der Waals surface area contributed by atoms with Crippen LogP contribution in [0, 0.1) is 11.7 Å². The average molecular weight is 677 g/mol. The van der Waals surface area contributed by atoms with Crippen LogP contribution < -0.4 is 0 Å². The molecule has 1 atom stereocenters. The van der Waals surface area contributed by atoms with Crippen LogP contribution in [0.2, 0.25) is 0 Å². The summed E-state index contributed by atoms with van der Waals surface area (Å²) in [5, 5.41) is 5.45. The second-order valence-electron chi connectivity index (χ2n) is 12.6. The van der Waals surface area contributed by atoms with Gasteiger partial charge in [0.05, 0.1) is 16.8 Å². The fourth-order valence-electron chi connectivity index (χ4n) is 7.12. The molecule has 1 aliphatic carbocycles. The van der Waals surface area contributed by atoms with Crippen LogP contribution in [0.15, 0.2) is 169 Å². The monoisotopic (exact) mass is 676 g/mol. The minimum Gasteiger partial charge on any atom is -0.299 e. The summed E-state index contributed by atoms with van der Waals surface area (Å²) < 4.78 is 42.7. The van der Waals surface area contributed by atoms with Crippen LogP contribution in [-0.2, 0) is 15.4 Å². The Morgan fingerprint density at radius 2 is 1.38 bits per heavy atom. The summed E-state index contributed by atoms with van der Waals surface area (Å²) in [7, 11) is -3.39. The molecular formula is C42H33FN4O2S. The first-order chi connectivity index (χ1) is 24.3. The molecule has 0 aliphatic heterocycles. The molecule has 7 aromatic rings. The van der Waals surface area contributed by atoms with E-state index in [2.05, 4.69) is 88.7 Å². The molecule has 6 nitrogen and oxygen atoms in total. The highest BCUT2D eigenvalue weighted by molar-refractivity contribution is 7.90. The van der Waals surface area contributed by atoms with E-state index in [1.165, 1.54) is 18.4 Å². The molecule has 0 fully saturated rings. The second kappa shape index (κ2) is 12.5. The maximum absolute atomic E-state index is 13.8. The van der Waals surface area contributed by atoms with E-state index in [1.54, 1.807) is 30.5 Å². The Balaban J connectivity index is 1.41. The maximum atomic E-state index is 13.8. The van der Waals surface area contributed by atoms with Crippen molar-refractivity contribution in [2.45, 2.75) is 16.9 Å². The van der Waals surface area contributed by atoms with E-state index in [4.69, 9.17) is 5.10 Å². The lowest BCUT2D eigenvalue weighted by Crippen LogP contribution is -2.43. The first-order valence-corrected chi connectivity index (χ1v) is 18.3. The Kier molecular flexibility index (Phi) is 7.88. The number of hydrogen-bond donors (Lipinski definition) is 0. The Morgan fingerprint density at radius 1 is 0.740 bits per heavy atom. The van der Waals surface area contributed by atoms with Gasteiger partial charge in [0.2, 0.25) is 0 Å². The average Bonchev–Trinajstić information content (AvgIpc) is 3.79. The van der Waals surface area contributed by atoms with Gasteiger partial charge < -0.3 is 0 Å². The molecule has 0 spiro atoms. The maximum Gasteiger partial charge on any atom is 0.175 e. The van der Waals surface area contributed by atoms with Gasteiger partial charge in [0.15, 0.2) is 9.84 Å². The van der Waals surface area contributed by atoms with Crippen molar-refractivity contribution in [1.29, 1.82) is 0 Å². The normalized spacial score (nSPS) is 14.7. The predicted molar refractivity (Wildman–Crippen MR) is 196 cm³/mol. The van der Waals surface area contributed by atoms with E-state index in [0.29, 0.717) is 5.69 Å². The van der Waals surface area contributed by atoms with Crippen molar-refractivity contribution in [1.82, 2.24) is 19.2 Å². The van der Waals surface area contributed by atoms with E-state index >= 15 is 0 Å². The molecule has 50 heavy (non-hydrogen) atoms. The highest BCUT2D eigenvalue weighted by atomic mass is 32.2. The largest absolute Gasteiger partial charge is 0.299 e. The summed E-state index contributed by atoms with van der Waals surface area (Å²) in [5.74, 6) is -0.280. The summed E-state index contributed by atoms with van der Waals surface area (Å²) >= 11 is 0. The first-order valence-electron chi connectivity index (χ1n) is 16.4. The number of sulfone groups is 1. The van der Waals surface area contributed by atoms with E-state index in [-0.39, 0.29) is 16.6 Å². The number of nitrogens with zero attached hydrogens (tertiary/aromatic N) is 4. The van der Waals surface area contributed by atoms with Gasteiger partial charge in [-0.15, -0.1) is 0 Å². The van der Waals surface area contributed by atoms with Crippen molar-refractivity contribution in [2.75, 3.05) is 6.26 Å². The third-order valence-corrected chi connectivity index (χ3v) is 10.7. The number of halogens is 1. The topological polar surface area (TPSA) is 69.3 Å². The van der Waals surface area contributed by atoms with E-state index in [0.717, 1.165) is 51.1 Å². The van der Waals surface area contributed by atoms with Crippen LogP contribution in [0.1, 0.15) is 17.5 Å². The number of rotatable bonds is 8. The summed E-state index contributed by atoms with van der Waals surface area (Å²) in [6.45, 7) is 0. The van der Waals surface area contributed by atoms with E-state index < -0.39 is 15.4 Å². The Morgan fingerprint density at radius 3 is 2.00 bits per heavy atom. The number of fused-ring (bicyclic) bond motifs is 1. The lowest BCUT2D eigenvalue weighted by molar-refractivity contribution is 0.293. The van der Waals surface area contributed by atoms with Crippen LogP contribution in [0.4, 0.5) is 4.39 Å². The number of hydrogen-bond acceptors (Lipinski definition) is 4. The zero-order chi connectivity index (χ0) is 34.3. The Bertz CT molecular complexity index is 2440. The summed E-state index contributed by atoms with van der Waals surface area (Å²) in [5.41, 5.74) is 7.11. The fraction of sp³-hybridized carbons (Fsp3) is 0.0952. The molecule has 1 unspecified atom stereocenters. The minimum absolute atomic E-state index is 0.0201. The van der Waals surface area contributed by atoms with Gasteiger partial charge >= 0.3 is 0 Å². The van der Waals surface area contributed by atoms with Gasteiger partial charge in [0.1, 0.15) is 22.7 Å². The number of imidazole rings is 1. The molecule has 0 amide bonds. The first kappa shape index (κ1) is 31.4. The zero-order valence-electron chi connectivity index (χ0n) is 27.3. The molecule has 0 saturated heterocycles. The van der Waals surface area contributed by atoms with Gasteiger partial charge in [-0.05, 0) is 66.1 Å². The molecule has 3 aromatic heterocycles. The molecule has 0 saturated carbocycles. The molecule has 0 N–H and O–H groups in total. The van der Waals surface area contributed by atoms with Crippen LogP contribution in [0.5, 0.6) is 0 Å². The molecule has 8 rings (SSSR count). The minimum atomic E-state index is -3.39. The lowest BCUT2D eigenvalue weighted by atomic mass is 9.70. The lowest BCUT2D eigenvalue weighted by Gasteiger charge is -2.41. The van der Waals surface area contributed by atoms with Gasteiger partial charge in [-0.1, -0.05) is 97.1 Å². The van der Waals surface area contributed by atoms with E-state index in [1.807, 2.05) is 47.0 Å². The smallest absolute Gasteiger partial charge is 0.175 e. The molecular weight excluding hydrogens is 644 g/mol. The Labute approximate surface area is 290 Å². The predicted octanol–water partition coefficient (Wildman–Crippen LogP) is 9.00. The summed E-state index contributed by atoms with van der Waals surface area (Å²) in [4.78, 5) is 4.87. The number of aromatic nitrogens is 4. The number of pyridine rings is 1. The molecule has 4 aromatic carbocycles. The molecule has 0 bridgehead atoms. The van der Waals surface area contributed by atoms with Crippen LogP contribution in [0.3, 0.4) is 0 Å². The molecule has 0 radical (unpaired) electrons. The number of allylic oxidation sites excluding steroid dienone is 4. The van der Waals surface area contributed by atoms with E-state index in [9.17, 15) is 12.8 Å². The van der Waals surface area contributed by atoms with Crippen molar-refractivity contribution in [3.05, 3.63) is 181 Å². The summed E-state index contributed by atoms with van der Waals surface area (Å²) in [6, 6.07) is 38.2. The third-order valence-electron chi connectivity index (χ3n) is 9.53. The van der Waals surface area contributed by atoms with Crippen molar-refractivity contribution in [3.63, 3.8) is 0 Å². The van der Waals surface area contributed by atoms with Crippen LogP contribution in [-0.4, -0.2) is 33.8 Å². The summed E-state index contributed by atoms with van der Waals surface area (Å²) in [6.07, 6.45) is 16.6. The van der Waals surface area contributed by atoms with Gasteiger partial charge in [-0.25, -0.2) is 17.8 Å².